The topological polar surface area (TPSA) is 23.6 Å². The van der Waals surface area contributed by atoms with Gasteiger partial charge in [-0.1, -0.05) is 6.07 Å². The predicted octanol–water partition coefficient (Wildman–Crippen LogP) is 3.63. The summed E-state index contributed by atoms with van der Waals surface area (Å²) >= 11 is 3.63. The summed E-state index contributed by atoms with van der Waals surface area (Å²) in [6, 6.07) is 6.77. The molecule has 0 saturated carbocycles. The molecule has 3 heterocycles. The Hall–Kier alpha value is -1.17. The van der Waals surface area contributed by atoms with Crippen molar-refractivity contribution in [2.24, 2.45) is 0 Å². The zero-order valence-electron chi connectivity index (χ0n) is 13.1. The Morgan fingerprint density at radius 3 is 2.77 bits per heavy atom. The van der Waals surface area contributed by atoms with Gasteiger partial charge in [0.05, 0.1) is 12.6 Å². The molecule has 0 spiro atoms. The molecular formula is C17H22N2OS2. The van der Waals surface area contributed by atoms with E-state index in [1.54, 1.807) is 11.3 Å². The minimum Gasteiger partial charge on any atom is -0.342 e. The van der Waals surface area contributed by atoms with Crippen LogP contribution in [0.15, 0.2) is 29.0 Å². The lowest BCUT2D eigenvalue weighted by Gasteiger charge is -2.36. The zero-order chi connectivity index (χ0) is 15.5. The van der Waals surface area contributed by atoms with E-state index in [1.165, 1.54) is 15.3 Å². The van der Waals surface area contributed by atoms with Crippen LogP contribution in [0.4, 0.5) is 0 Å². The molecule has 0 fully saturated rings. The number of likely N-dealkylation sites (N-methyl/N-ethyl adjacent to an activating group) is 1. The monoisotopic (exact) mass is 334 g/mol. The quantitative estimate of drug-likeness (QED) is 0.834. The maximum absolute atomic E-state index is 12.5. The summed E-state index contributed by atoms with van der Waals surface area (Å²) in [5.74, 6) is 0.241. The molecule has 0 aliphatic carbocycles. The number of carbonyl (C=O) groups is 1. The van der Waals surface area contributed by atoms with Crippen molar-refractivity contribution in [3.8, 4) is 0 Å². The van der Waals surface area contributed by atoms with Crippen LogP contribution in [0.5, 0.6) is 0 Å². The van der Waals surface area contributed by atoms with Crippen LogP contribution < -0.4 is 0 Å². The van der Waals surface area contributed by atoms with E-state index in [-0.39, 0.29) is 11.9 Å². The highest BCUT2D eigenvalue weighted by Crippen LogP contribution is 2.39. The van der Waals surface area contributed by atoms with Gasteiger partial charge in [-0.05, 0) is 48.7 Å². The SMILES string of the molecule is CCN(CC)C(=O)CN1CCc2sccc2C1c1cccs1. The molecule has 1 aliphatic rings. The van der Waals surface area contributed by atoms with E-state index in [1.807, 2.05) is 30.1 Å². The van der Waals surface area contributed by atoms with Crippen LogP contribution >= 0.6 is 22.7 Å². The van der Waals surface area contributed by atoms with Gasteiger partial charge in [-0.3, -0.25) is 9.69 Å². The van der Waals surface area contributed by atoms with Crippen LogP contribution in [0.1, 0.15) is 35.2 Å². The Kier molecular flexibility index (Phi) is 4.96. The van der Waals surface area contributed by atoms with Gasteiger partial charge in [-0.2, -0.15) is 0 Å². The molecule has 0 aromatic carbocycles. The van der Waals surface area contributed by atoms with Gasteiger partial charge in [0.1, 0.15) is 0 Å². The molecule has 1 atom stereocenters. The molecular weight excluding hydrogens is 312 g/mol. The lowest BCUT2D eigenvalue weighted by molar-refractivity contribution is -0.132. The Morgan fingerprint density at radius 1 is 1.27 bits per heavy atom. The summed E-state index contributed by atoms with van der Waals surface area (Å²) in [5, 5.41) is 4.31. The van der Waals surface area contributed by atoms with Crippen molar-refractivity contribution in [1.29, 1.82) is 0 Å². The van der Waals surface area contributed by atoms with E-state index in [0.29, 0.717) is 6.54 Å². The minimum atomic E-state index is 0.241. The molecule has 2 aromatic rings. The fourth-order valence-corrected chi connectivity index (χ4v) is 4.95. The average molecular weight is 335 g/mol. The molecule has 22 heavy (non-hydrogen) atoms. The Morgan fingerprint density at radius 2 is 2.09 bits per heavy atom. The lowest BCUT2D eigenvalue weighted by atomic mass is 9.98. The first-order valence-corrected chi connectivity index (χ1v) is 9.62. The lowest BCUT2D eigenvalue weighted by Crippen LogP contribution is -2.44. The highest BCUT2D eigenvalue weighted by molar-refractivity contribution is 7.10. The van der Waals surface area contributed by atoms with E-state index in [4.69, 9.17) is 0 Å². The number of hydrogen-bond donors (Lipinski definition) is 0. The van der Waals surface area contributed by atoms with Gasteiger partial charge in [0.25, 0.3) is 0 Å². The molecule has 1 unspecified atom stereocenters. The van der Waals surface area contributed by atoms with Crippen LogP contribution in [-0.2, 0) is 11.2 Å². The molecule has 2 aromatic heterocycles. The number of fused-ring (bicyclic) bond motifs is 1. The molecule has 1 aliphatic heterocycles. The van der Waals surface area contributed by atoms with Crippen LogP contribution in [0.25, 0.3) is 0 Å². The maximum atomic E-state index is 12.5. The molecule has 0 N–H and O–H groups in total. The summed E-state index contributed by atoms with van der Waals surface area (Å²) in [7, 11) is 0. The Balaban J connectivity index is 1.86. The second kappa shape index (κ2) is 6.94. The minimum absolute atomic E-state index is 0.241. The summed E-state index contributed by atoms with van der Waals surface area (Å²) in [5.41, 5.74) is 1.39. The van der Waals surface area contributed by atoms with Crippen LogP contribution in [0.2, 0.25) is 0 Å². The molecule has 1 amide bonds. The van der Waals surface area contributed by atoms with Crippen molar-refractivity contribution in [2.45, 2.75) is 26.3 Å². The van der Waals surface area contributed by atoms with Crippen molar-refractivity contribution in [2.75, 3.05) is 26.2 Å². The second-order valence-electron chi connectivity index (χ2n) is 5.50. The first kappa shape index (κ1) is 15.7. The standard InChI is InChI=1S/C17H22N2OS2/c1-3-18(4-2)16(20)12-19-9-7-14-13(8-11-22-14)17(19)15-6-5-10-21-15/h5-6,8,10-11,17H,3-4,7,9,12H2,1-2H3. The Labute approximate surface area is 140 Å². The van der Waals surface area contributed by atoms with Gasteiger partial charge in [-0.15, -0.1) is 22.7 Å². The van der Waals surface area contributed by atoms with Crippen LogP contribution in [0.3, 0.4) is 0 Å². The third-order valence-corrected chi connectivity index (χ3v) is 6.25. The van der Waals surface area contributed by atoms with Gasteiger partial charge in [0.2, 0.25) is 5.91 Å². The highest BCUT2D eigenvalue weighted by atomic mass is 32.1. The van der Waals surface area contributed by atoms with Crippen molar-refractivity contribution in [1.82, 2.24) is 9.80 Å². The average Bonchev–Trinajstić information content (AvgIpc) is 3.19. The van der Waals surface area contributed by atoms with Gasteiger partial charge in [0.15, 0.2) is 0 Å². The fourth-order valence-electron chi connectivity index (χ4n) is 3.17. The van der Waals surface area contributed by atoms with Gasteiger partial charge in [0, 0.05) is 29.4 Å². The van der Waals surface area contributed by atoms with Gasteiger partial charge >= 0.3 is 0 Å². The highest BCUT2D eigenvalue weighted by Gasteiger charge is 2.31. The summed E-state index contributed by atoms with van der Waals surface area (Å²) in [6.07, 6.45) is 1.06. The molecule has 5 heteroatoms. The number of thiophene rings is 2. The normalized spacial score (nSPS) is 18.2. The summed E-state index contributed by atoms with van der Waals surface area (Å²) in [6.45, 7) is 7.15. The van der Waals surface area contributed by atoms with Crippen molar-refractivity contribution in [3.63, 3.8) is 0 Å². The second-order valence-corrected chi connectivity index (χ2v) is 7.48. The van der Waals surface area contributed by atoms with E-state index in [0.717, 1.165) is 26.1 Å². The fraction of sp³-hybridized carbons (Fsp3) is 0.471. The first-order chi connectivity index (χ1) is 10.7. The Bertz CT molecular complexity index is 616. The van der Waals surface area contributed by atoms with E-state index in [9.17, 15) is 4.79 Å². The van der Waals surface area contributed by atoms with Crippen LogP contribution in [0, 0.1) is 0 Å². The zero-order valence-corrected chi connectivity index (χ0v) is 14.8. The smallest absolute Gasteiger partial charge is 0.236 e. The van der Waals surface area contributed by atoms with Crippen LogP contribution in [-0.4, -0.2) is 41.9 Å². The van der Waals surface area contributed by atoms with Gasteiger partial charge < -0.3 is 4.90 Å². The van der Waals surface area contributed by atoms with E-state index >= 15 is 0 Å². The third kappa shape index (κ3) is 2.98. The number of rotatable bonds is 5. The predicted molar refractivity (Wildman–Crippen MR) is 93.7 cm³/mol. The third-order valence-electron chi connectivity index (χ3n) is 4.33. The number of amides is 1. The number of hydrogen-bond acceptors (Lipinski definition) is 4. The molecule has 3 nitrogen and oxygen atoms in total. The van der Waals surface area contributed by atoms with Crippen molar-refractivity contribution >= 4 is 28.6 Å². The molecule has 0 bridgehead atoms. The molecule has 3 rings (SSSR count). The number of nitrogens with zero attached hydrogens (tertiary/aromatic N) is 2. The van der Waals surface area contributed by atoms with Gasteiger partial charge in [-0.25, -0.2) is 0 Å². The largest absolute Gasteiger partial charge is 0.342 e. The first-order valence-electron chi connectivity index (χ1n) is 7.86. The molecule has 0 saturated heterocycles. The molecule has 0 radical (unpaired) electrons. The summed E-state index contributed by atoms with van der Waals surface area (Å²) < 4.78 is 0. The van der Waals surface area contributed by atoms with Crippen molar-refractivity contribution < 1.29 is 4.79 Å². The number of carbonyl (C=O) groups excluding carboxylic acids is 1. The molecule has 118 valence electrons. The van der Waals surface area contributed by atoms with E-state index in [2.05, 4.69) is 33.9 Å². The van der Waals surface area contributed by atoms with E-state index < -0.39 is 0 Å². The maximum Gasteiger partial charge on any atom is 0.236 e. The van der Waals surface area contributed by atoms with Crippen molar-refractivity contribution in [3.05, 3.63) is 44.3 Å². The summed E-state index contributed by atoms with van der Waals surface area (Å²) in [4.78, 5) is 19.6.